The first-order valence-corrected chi connectivity index (χ1v) is 9.00. The molecule has 136 valence electrons. The maximum atomic E-state index is 11.2. The van der Waals surface area contributed by atoms with Crippen LogP contribution < -0.4 is 0 Å². The van der Waals surface area contributed by atoms with Gasteiger partial charge in [0.1, 0.15) is 6.61 Å². The Balaban J connectivity index is 3.36. The highest BCUT2D eigenvalue weighted by Crippen LogP contribution is 2.08. The monoisotopic (exact) mass is 336 g/mol. The van der Waals surface area contributed by atoms with Crippen molar-refractivity contribution in [3.8, 4) is 0 Å². The molecule has 0 saturated carbocycles. The zero-order valence-corrected chi connectivity index (χ0v) is 14.9. The zero-order valence-electron chi connectivity index (χ0n) is 14.9. The van der Waals surface area contributed by atoms with Gasteiger partial charge in [-0.3, -0.25) is 4.79 Å². The van der Waals surface area contributed by atoms with Crippen molar-refractivity contribution >= 4 is 11.9 Å². The van der Waals surface area contributed by atoms with Gasteiger partial charge in [-0.25, -0.2) is 4.79 Å². The molecule has 1 N–H and O–H groups in total. The van der Waals surface area contributed by atoms with Crippen LogP contribution in [0.2, 0.25) is 0 Å². The Morgan fingerprint density at radius 3 is 2.04 bits per heavy atom. The third kappa shape index (κ3) is 16.7. The Kier molecular flexibility index (Phi) is 16.4. The molecule has 0 unspecified atom stereocenters. The molecule has 0 heterocycles. The molecule has 0 rings (SSSR count). The molecular weight excluding hydrogens is 304 g/mol. The van der Waals surface area contributed by atoms with Crippen molar-refractivity contribution < 1.29 is 19.4 Å². The van der Waals surface area contributed by atoms with Crippen LogP contribution in [0.4, 0.5) is 0 Å². The minimum Gasteiger partial charge on any atom is -0.391 e. The number of ether oxygens (including phenoxy) is 1. The standard InChI is InChI=1S/C20H32O4/c1-2-3-4-5-6-7-8-9-10-11-12-13-14-15-16-17-19(22)24-20(23)18-21/h3-4,6-7,9-10,21H,2,5,8,11-18H2,1H3. The van der Waals surface area contributed by atoms with Gasteiger partial charge in [-0.2, -0.15) is 0 Å². The van der Waals surface area contributed by atoms with Crippen molar-refractivity contribution in [3.63, 3.8) is 0 Å². The molecule has 24 heavy (non-hydrogen) atoms. The van der Waals surface area contributed by atoms with Crippen LogP contribution in [-0.2, 0) is 14.3 Å². The SMILES string of the molecule is CCC=CCC=CCC=CCCCCCCCC(=O)OC(=O)CO. The topological polar surface area (TPSA) is 63.6 Å². The van der Waals surface area contributed by atoms with Crippen molar-refractivity contribution in [1.29, 1.82) is 0 Å². The molecule has 0 atom stereocenters. The lowest BCUT2D eigenvalue weighted by molar-refractivity contribution is -0.161. The summed E-state index contributed by atoms with van der Waals surface area (Å²) in [4.78, 5) is 21.8. The summed E-state index contributed by atoms with van der Waals surface area (Å²) in [6, 6.07) is 0. The summed E-state index contributed by atoms with van der Waals surface area (Å²) in [7, 11) is 0. The fourth-order valence-electron chi connectivity index (χ4n) is 2.10. The van der Waals surface area contributed by atoms with Crippen LogP contribution in [0.1, 0.15) is 71.1 Å². The van der Waals surface area contributed by atoms with E-state index in [2.05, 4.69) is 48.1 Å². The smallest absolute Gasteiger partial charge is 0.339 e. The summed E-state index contributed by atoms with van der Waals surface area (Å²) in [5.74, 6) is -1.42. The number of carbonyl (C=O) groups excluding carboxylic acids is 2. The lowest BCUT2D eigenvalue weighted by Gasteiger charge is -2.01. The van der Waals surface area contributed by atoms with Gasteiger partial charge in [0.15, 0.2) is 0 Å². The maximum absolute atomic E-state index is 11.2. The minimum absolute atomic E-state index is 0.241. The van der Waals surface area contributed by atoms with Gasteiger partial charge in [0.2, 0.25) is 0 Å². The molecular formula is C20H32O4. The molecule has 0 spiro atoms. The first-order chi connectivity index (χ1) is 11.7. The molecule has 0 saturated heterocycles. The van der Waals surface area contributed by atoms with E-state index in [1.54, 1.807) is 0 Å². The molecule has 0 radical (unpaired) electrons. The Hall–Kier alpha value is -1.68. The third-order valence-electron chi connectivity index (χ3n) is 3.39. The number of hydrogen-bond donors (Lipinski definition) is 1. The van der Waals surface area contributed by atoms with Crippen LogP contribution in [0.25, 0.3) is 0 Å². The Labute approximate surface area is 146 Å². The van der Waals surface area contributed by atoms with Gasteiger partial charge < -0.3 is 9.84 Å². The van der Waals surface area contributed by atoms with Crippen LogP contribution >= 0.6 is 0 Å². The number of rotatable bonds is 14. The van der Waals surface area contributed by atoms with E-state index in [9.17, 15) is 9.59 Å². The quantitative estimate of drug-likeness (QED) is 0.217. The minimum atomic E-state index is -0.876. The van der Waals surface area contributed by atoms with Crippen molar-refractivity contribution in [2.45, 2.75) is 71.1 Å². The highest BCUT2D eigenvalue weighted by Gasteiger charge is 2.08. The number of aliphatic hydroxyl groups is 1. The van der Waals surface area contributed by atoms with Gasteiger partial charge in [0, 0.05) is 6.42 Å². The van der Waals surface area contributed by atoms with Gasteiger partial charge in [0.05, 0.1) is 0 Å². The molecule has 0 aliphatic carbocycles. The average Bonchev–Trinajstić information content (AvgIpc) is 2.58. The van der Waals surface area contributed by atoms with E-state index < -0.39 is 18.5 Å². The third-order valence-corrected chi connectivity index (χ3v) is 3.39. The lowest BCUT2D eigenvalue weighted by Crippen LogP contribution is -2.14. The second-order valence-electron chi connectivity index (χ2n) is 5.60. The van der Waals surface area contributed by atoms with Crippen LogP contribution in [0, 0.1) is 0 Å². The van der Waals surface area contributed by atoms with Crippen molar-refractivity contribution in [2.75, 3.05) is 6.61 Å². The van der Waals surface area contributed by atoms with E-state index >= 15 is 0 Å². The van der Waals surface area contributed by atoms with Gasteiger partial charge >= 0.3 is 11.9 Å². The van der Waals surface area contributed by atoms with E-state index in [4.69, 9.17) is 5.11 Å². The van der Waals surface area contributed by atoms with Crippen molar-refractivity contribution in [2.24, 2.45) is 0 Å². The predicted molar refractivity (Wildman–Crippen MR) is 97.4 cm³/mol. The number of hydrogen-bond acceptors (Lipinski definition) is 4. The molecule has 0 fully saturated rings. The second kappa shape index (κ2) is 17.7. The predicted octanol–water partition coefficient (Wildman–Crippen LogP) is 4.64. The van der Waals surface area contributed by atoms with Crippen LogP contribution in [0.5, 0.6) is 0 Å². The van der Waals surface area contributed by atoms with Gasteiger partial charge in [0.25, 0.3) is 0 Å². The zero-order chi connectivity index (χ0) is 17.9. The number of unbranched alkanes of at least 4 members (excludes halogenated alkanes) is 5. The van der Waals surface area contributed by atoms with E-state index in [1.165, 1.54) is 0 Å². The first-order valence-electron chi connectivity index (χ1n) is 9.00. The summed E-state index contributed by atoms with van der Waals surface area (Å²) in [5.41, 5.74) is 0. The molecule has 0 bridgehead atoms. The summed E-state index contributed by atoms with van der Waals surface area (Å²) < 4.78 is 4.37. The van der Waals surface area contributed by atoms with Crippen LogP contribution in [0.3, 0.4) is 0 Å². The molecule has 0 aliphatic rings. The molecule has 0 aliphatic heterocycles. The molecule has 4 heteroatoms. The van der Waals surface area contributed by atoms with Gasteiger partial charge in [-0.05, 0) is 38.5 Å². The number of carbonyl (C=O) groups is 2. The van der Waals surface area contributed by atoms with E-state index in [0.717, 1.165) is 57.8 Å². The molecule has 0 aromatic carbocycles. The van der Waals surface area contributed by atoms with Crippen molar-refractivity contribution in [1.82, 2.24) is 0 Å². The molecule has 0 amide bonds. The van der Waals surface area contributed by atoms with E-state index in [0.29, 0.717) is 0 Å². The molecule has 0 aromatic rings. The second-order valence-corrected chi connectivity index (χ2v) is 5.60. The highest BCUT2D eigenvalue weighted by atomic mass is 16.6. The number of esters is 2. The number of allylic oxidation sites excluding steroid dienone is 6. The average molecular weight is 336 g/mol. The summed E-state index contributed by atoms with van der Waals surface area (Å²) >= 11 is 0. The largest absolute Gasteiger partial charge is 0.391 e. The van der Waals surface area contributed by atoms with Crippen LogP contribution in [0.15, 0.2) is 36.5 Å². The Morgan fingerprint density at radius 2 is 1.38 bits per heavy atom. The molecule has 4 nitrogen and oxygen atoms in total. The summed E-state index contributed by atoms with van der Waals surface area (Å²) in [6.45, 7) is 1.39. The van der Waals surface area contributed by atoms with Crippen LogP contribution in [-0.4, -0.2) is 23.7 Å². The Bertz CT molecular complexity index is 408. The fraction of sp³-hybridized carbons (Fsp3) is 0.600. The van der Waals surface area contributed by atoms with Gasteiger partial charge in [-0.1, -0.05) is 62.6 Å². The number of aliphatic hydroxyl groups excluding tert-OH is 1. The van der Waals surface area contributed by atoms with E-state index in [-0.39, 0.29) is 6.42 Å². The Morgan fingerprint density at radius 1 is 0.792 bits per heavy atom. The fourth-order valence-corrected chi connectivity index (χ4v) is 2.10. The van der Waals surface area contributed by atoms with E-state index in [1.807, 2.05) is 0 Å². The lowest BCUT2D eigenvalue weighted by atomic mass is 10.1. The maximum Gasteiger partial charge on any atom is 0.339 e. The highest BCUT2D eigenvalue weighted by molar-refractivity contribution is 5.85. The normalized spacial score (nSPS) is 11.8. The molecule has 0 aromatic heterocycles. The summed E-state index contributed by atoms with van der Waals surface area (Å²) in [5, 5.41) is 8.45. The first kappa shape index (κ1) is 22.3. The van der Waals surface area contributed by atoms with Crippen molar-refractivity contribution in [3.05, 3.63) is 36.5 Å². The van der Waals surface area contributed by atoms with Gasteiger partial charge in [-0.15, -0.1) is 0 Å². The summed E-state index contributed by atoms with van der Waals surface area (Å²) in [6.07, 6.45) is 22.7.